The highest BCUT2D eigenvalue weighted by molar-refractivity contribution is 7.98. The molecule has 0 N–H and O–H groups in total. The highest BCUT2D eigenvalue weighted by Crippen LogP contribution is 2.19. The van der Waals surface area contributed by atoms with Gasteiger partial charge in [0.05, 0.1) is 0 Å². The third-order valence-electron chi connectivity index (χ3n) is 1.02. The minimum absolute atomic E-state index is 0.539. The van der Waals surface area contributed by atoms with Crippen LogP contribution < -0.4 is 0 Å². The maximum atomic E-state index is 5.61. The first-order chi connectivity index (χ1) is 5.33. The molecule has 0 aromatic carbocycles. The van der Waals surface area contributed by atoms with Crippen molar-refractivity contribution in [1.29, 1.82) is 0 Å². The molecule has 0 saturated heterocycles. The summed E-state index contributed by atoms with van der Waals surface area (Å²) in [6.45, 7) is 2.17. The van der Waals surface area contributed by atoms with E-state index in [1.54, 1.807) is 0 Å². The number of nitrogens with zero attached hydrogens (tertiary/aromatic N) is 2. The molecule has 11 heavy (non-hydrogen) atoms. The van der Waals surface area contributed by atoms with Crippen LogP contribution in [0.25, 0.3) is 0 Å². The lowest BCUT2D eigenvalue weighted by atomic mass is 10.6. The summed E-state index contributed by atoms with van der Waals surface area (Å²) in [6.07, 6.45) is 1.21. The van der Waals surface area contributed by atoms with Crippen LogP contribution in [0.5, 0.6) is 0 Å². The van der Waals surface area contributed by atoms with Crippen molar-refractivity contribution in [1.82, 2.24) is 10.2 Å². The molecule has 0 fully saturated rings. The van der Waals surface area contributed by atoms with E-state index in [2.05, 4.69) is 17.1 Å². The van der Waals surface area contributed by atoms with Crippen LogP contribution in [-0.2, 0) is 5.75 Å². The quantitative estimate of drug-likeness (QED) is 0.712. The van der Waals surface area contributed by atoms with Gasteiger partial charge in [-0.2, -0.15) is 11.8 Å². The SMILES string of the molecule is CCCSCc1nnc(Cl)s1. The predicted octanol–water partition coefficient (Wildman–Crippen LogP) is 2.83. The summed E-state index contributed by atoms with van der Waals surface area (Å²) < 4.78 is 0.539. The fourth-order valence-electron chi connectivity index (χ4n) is 0.595. The van der Waals surface area contributed by atoms with Gasteiger partial charge in [-0.25, -0.2) is 0 Å². The lowest BCUT2D eigenvalue weighted by Gasteiger charge is -1.92. The number of halogens is 1. The van der Waals surface area contributed by atoms with Crippen LogP contribution in [0.15, 0.2) is 0 Å². The molecule has 1 rings (SSSR count). The van der Waals surface area contributed by atoms with Crippen molar-refractivity contribution in [3.05, 3.63) is 9.47 Å². The molecule has 0 radical (unpaired) electrons. The topological polar surface area (TPSA) is 25.8 Å². The Balaban J connectivity index is 2.27. The number of thioether (sulfide) groups is 1. The van der Waals surface area contributed by atoms with E-state index in [1.165, 1.54) is 23.5 Å². The molecule has 0 spiro atoms. The smallest absolute Gasteiger partial charge is 0.155 e. The summed E-state index contributed by atoms with van der Waals surface area (Å²) in [4.78, 5) is 0. The van der Waals surface area contributed by atoms with Gasteiger partial charge in [0.15, 0.2) is 0 Å². The van der Waals surface area contributed by atoms with E-state index in [4.69, 9.17) is 11.6 Å². The Bertz CT molecular complexity index is 214. The second-order valence-electron chi connectivity index (χ2n) is 2.00. The molecule has 0 aliphatic rings. The van der Waals surface area contributed by atoms with Crippen LogP contribution in [0, 0.1) is 0 Å². The Morgan fingerprint density at radius 3 is 2.91 bits per heavy atom. The molecule has 1 aromatic heterocycles. The van der Waals surface area contributed by atoms with Crippen LogP contribution in [0.1, 0.15) is 18.4 Å². The van der Waals surface area contributed by atoms with E-state index in [9.17, 15) is 0 Å². The largest absolute Gasteiger partial charge is 0.207 e. The zero-order valence-corrected chi connectivity index (χ0v) is 8.60. The standard InChI is InChI=1S/C6H9ClN2S2/c1-2-3-10-4-5-8-9-6(7)11-5/h2-4H2,1H3. The molecule has 0 atom stereocenters. The van der Waals surface area contributed by atoms with Crippen molar-refractivity contribution in [2.75, 3.05) is 5.75 Å². The fraction of sp³-hybridized carbons (Fsp3) is 0.667. The van der Waals surface area contributed by atoms with Crippen molar-refractivity contribution in [2.24, 2.45) is 0 Å². The van der Waals surface area contributed by atoms with Crippen LogP contribution in [0.2, 0.25) is 4.47 Å². The zero-order chi connectivity index (χ0) is 8.10. The van der Waals surface area contributed by atoms with Gasteiger partial charge in [0.1, 0.15) is 5.01 Å². The first-order valence-electron chi connectivity index (χ1n) is 3.38. The minimum Gasteiger partial charge on any atom is -0.155 e. The average molecular weight is 209 g/mol. The third kappa shape index (κ3) is 3.40. The van der Waals surface area contributed by atoms with E-state index >= 15 is 0 Å². The lowest BCUT2D eigenvalue weighted by Crippen LogP contribution is -1.80. The molecule has 0 saturated carbocycles. The van der Waals surface area contributed by atoms with Crippen molar-refractivity contribution in [3.8, 4) is 0 Å². The summed E-state index contributed by atoms with van der Waals surface area (Å²) in [5, 5.41) is 8.64. The molecule has 62 valence electrons. The zero-order valence-electron chi connectivity index (χ0n) is 6.21. The number of hydrogen-bond acceptors (Lipinski definition) is 4. The van der Waals surface area contributed by atoms with Crippen LogP contribution in [0.3, 0.4) is 0 Å². The number of rotatable bonds is 4. The number of aromatic nitrogens is 2. The fourth-order valence-corrected chi connectivity index (χ4v) is 2.41. The summed E-state index contributed by atoms with van der Waals surface area (Å²) in [5.74, 6) is 2.12. The first kappa shape index (κ1) is 9.29. The molecule has 0 aliphatic heterocycles. The van der Waals surface area contributed by atoms with E-state index in [-0.39, 0.29) is 0 Å². The molecule has 1 aromatic rings. The normalized spacial score (nSPS) is 10.4. The maximum absolute atomic E-state index is 5.61. The van der Waals surface area contributed by atoms with Gasteiger partial charge < -0.3 is 0 Å². The van der Waals surface area contributed by atoms with Crippen molar-refractivity contribution < 1.29 is 0 Å². The van der Waals surface area contributed by atoms with Gasteiger partial charge in [0.25, 0.3) is 0 Å². The highest BCUT2D eigenvalue weighted by Gasteiger charge is 2.00. The van der Waals surface area contributed by atoms with E-state index in [0.29, 0.717) is 4.47 Å². The molecule has 5 heteroatoms. The summed E-state index contributed by atoms with van der Waals surface area (Å²) in [7, 11) is 0. The summed E-state index contributed by atoms with van der Waals surface area (Å²) in [5.41, 5.74) is 0. The van der Waals surface area contributed by atoms with Crippen molar-refractivity contribution in [3.63, 3.8) is 0 Å². The molecule has 1 heterocycles. The summed E-state index contributed by atoms with van der Waals surface area (Å²) >= 11 is 8.94. The highest BCUT2D eigenvalue weighted by atomic mass is 35.5. The molecule has 0 aliphatic carbocycles. The van der Waals surface area contributed by atoms with Gasteiger partial charge in [-0.05, 0) is 23.8 Å². The van der Waals surface area contributed by atoms with Crippen molar-refractivity contribution >= 4 is 34.7 Å². The monoisotopic (exact) mass is 208 g/mol. The van der Waals surface area contributed by atoms with E-state index < -0.39 is 0 Å². The Morgan fingerprint density at radius 1 is 1.55 bits per heavy atom. The van der Waals surface area contributed by atoms with E-state index in [0.717, 1.165) is 10.8 Å². The Hall–Kier alpha value is 0.200. The number of hydrogen-bond donors (Lipinski definition) is 0. The molecular weight excluding hydrogens is 200 g/mol. The molecule has 0 amide bonds. The molecule has 0 bridgehead atoms. The maximum Gasteiger partial charge on any atom is 0.207 e. The lowest BCUT2D eigenvalue weighted by molar-refractivity contribution is 1.04. The third-order valence-corrected chi connectivity index (χ3v) is 3.39. The Kier molecular flexibility index (Phi) is 4.18. The van der Waals surface area contributed by atoms with Gasteiger partial charge in [-0.3, -0.25) is 0 Å². The summed E-state index contributed by atoms with van der Waals surface area (Å²) in [6, 6.07) is 0. The van der Waals surface area contributed by atoms with Gasteiger partial charge >= 0.3 is 0 Å². The van der Waals surface area contributed by atoms with Gasteiger partial charge in [-0.15, -0.1) is 10.2 Å². The second-order valence-corrected chi connectivity index (χ2v) is 4.75. The van der Waals surface area contributed by atoms with Crippen LogP contribution in [-0.4, -0.2) is 16.0 Å². The molecular formula is C6H9ClN2S2. The average Bonchev–Trinajstić information content (AvgIpc) is 2.37. The van der Waals surface area contributed by atoms with Crippen LogP contribution in [0.4, 0.5) is 0 Å². The first-order valence-corrected chi connectivity index (χ1v) is 5.73. The van der Waals surface area contributed by atoms with Gasteiger partial charge in [0, 0.05) is 5.75 Å². The Labute approximate surface area is 79.4 Å². The molecule has 2 nitrogen and oxygen atoms in total. The molecule has 0 unspecified atom stereocenters. The predicted molar refractivity (Wildman–Crippen MR) is 51.4 cm³/mol. The van der Waals surface area contributed by atoms with Crippen LogP contribution >= 0.6 is 34.7 Å². The Morgan fingerprint density at radius 2 is 2.36 bits per heavy atom. The van der Waals surface area contributed by atoms with Gasteiger partial charge in [-0.1, -0.05) is 18.3 Å². The van der Waals surface area contributed by atoms with Gasteiger partial charge in [0.2, 0.25) is 4.47 Å². The minimum atomic E-state index is 0.539. The van der Waals surface area contributed by atoms with E-state index in [1.807, 2.05) is 11.8 Å². The van der Waals surface area contributed by atoms with Crippen molar-refractivity contribution in [2.45, 2.75) is 19.1 Å². The second kappa shape index (κ2) is 4.95.